The molecule has 2 aromatic rings. The Morgan fingerprint density at radius 1 is 1.32 bits per heavy atom. The summed E-state index contributed by atoms with van der Waals surface area (Å²) in [6.45, 7) is 2.83. The predicted molar refractivity (Wildman–Crippen MR) is 82.3 cm³/mol. The maximum atomic E-state index is 6.13. The third kappa shape index (κ3) is 4.97. The quantitative estimate of drug-likeness (QED) is 0.774. The molecular formula is C14H17BrClN3. The summed E-state index contributed by atoms with van der Waals surface area (Å²) in [5.74, 6) is 0. The second kappa shape index (κ2) is 7.68. The normalized spacial score (nSPS) is 10.8. The summed E-state index contributed by atoms with van der Waals surface area (Å²) in [7, 11) is 0. The van der Waals surface area contributed by atoms with Gasteiger partial charge in [-0.1, -0.05) is 27.5 Å². The van der Waals surface area contributed by atoms with Gasteiger partial charge in [0.2, 0.25) is 0 Å². The molecule has 0 radical (unpaired) electrons. The third-order valence-electron chi connectivity index (χ3n) is 2.90. The van der Waals surface area contributed by atoms with Crippen LogP contribution in [0.3, 0.4) is 0 Å². The lowest BCUT2D eigenvalue weighted by Gasteiger charge is -2.07. The highest BCUT2D eigenvalue weighted by atomic mass is 79.9. The Morgan fingerprint density at radius 2 is 2.21 bits per heavy atom. The molecule has 0 aliphatic rings. The van der Waals surface area contributed by atoms with Crippen molar-refractivity contribution in [2.45, 2.75) is 25.9 Å². The zero-order valence-electron chi connectivity index (χ0n) is 10.6. The SMILES string of the molecule is Clc1ccc(Br)cc1CNCCCCn1ccnc1. The topological polar surface area (TPSA) is 29.9 Å². The van der Waals surface area contributed by atoms with Gasteiger partial charge >= 0.3 is 0 Å². The van der Waals surface area contributed by atoms with Crippen molar-refractivity contribution in [2.75, 3.05) is 6.54 Å². The highest BCUT2D eigenvalue weighted by Gasteiger charge is 2.00. The second-order valence-corrected chi connectivity index (χ2v) is 5.74. The van der Waals surface area contributed by atoms with Gasteiger partial charge < -0.3 is 9.88 Å². The number of aryl methyl sites for hydroxylation is 1. The summed E-state index contributed by atoms with van der Waals surface area (Å²) < 4.78 is 3.17. The molecule has 0 bridgehead atoms. The lowest BCUT2D eigenvalue weighted by atomic mass is 10.2. The number of hydrogen-bond donors (Lipinski definition) is 1. The number of nitrogens with one attached hydrogen (secondary N) is 1. The molecule has 1 aromatic carbocycles. The fourth-order valence-corrected chi connectivity index (χ4v) is 2.46. The number of benzene rings is 1. The first-order chi connectivity index (χ1) is 9.25. The van der Waals surface area contributed by atoms with E-state index in [9.17, 15) is 0 Å². The molecule has 1 N–H and O–H groups in total. The average Bonchev–Trinajstić information content (AvgIpc) is 2.90. The molecule has 0 saturated carbocycles. The van der Waals surface area contributed by atoms with Crippen molar-refractivity contribution in [3.8, 4) is 0 Å². The fourth-order valence-electron chi connectivity index (χ4n) is 1.87. The largest absolute Gasteiger partial charge is 0.337 e. The first-order valence-electron chi connectivity index (χ1n) is 6.36. The number of halogens is 2. The van der Waals surface area contributed by atoms with Gasteiger partial charge in [0.15, 0.2) is 0 Å². The Balaban J connectivity index is 1.62. The molecule has 0 spiro atoms. The van der Waals surface area contributed by atoms with Crippen molar-refractivity contribution < 1.29 is 0 Å². The molecule has 2 rings (SSSR count). The summed E-state index contributed by atoms with van der Waals surface area (Å²) in [4.78, 5) is 4.02. The molecule has 0 fully saturated rings. The summed E-state index contributed by atoms with van der Waals surface area (Å²) in [5, 5.41) is 4.23. The fraction of sp³-hybridized carbons (Fsp3) is 0.357. The van der Waals surface area contributed by atoms with E-state index in [0.717, 1.165) is 47.5 Å². The van der Waals surface area contributed by atoms with E-state index < -0.39 is 0 Å². The van der Waals surface area contributed by atoms with Crippen molar-refractivity contribution in [2.24, 2.45) is 0 Å². The number of rotatable bonds is 7. The predicted octanol–water partition coefficient (Wildman–Crippen LogP) is 3.87. The summed E-state index contributed by atoms with van der Waals surface area (Å²) in [5.41, 5.74) is 1.13. The van der Waals surface area contributed by atoms with Gasteiger partial charge in [-0.2, -0.15) is 0 Å². The molecule has 0 amide bonds. The van der Waals surface area contributed by atoms with Crippen LogP contribution in [0.25, 0.3) is 0 Å². The van der Waals surface area contributed by atoms with Crippen LogP contribution in [0.5, 0.6) is 0 Å². The number of aromatic nitrogens is 2. The minimum atomic E-state index is 0.809. The molecule has 0 atom stereocenters. The van der Waals surface area contributed by atoms with E-state index >= 15 is 0 Å². The lowest BCUT2D eigenvalue weighted by Crippen LogP contribution is -2.15. The number of imidazole rings is 1. The van der Waals surface area contributed by atoms with Crippen LogP contribution in [0.4, 0.5) is 0 Å². The van der Waals surface area contributed by atoms with Gasteiger partial charge in [0, 0.05) is 35.0 Å². The van der Waals surface area contributed by atoms with Crippen LogP contribution in [-0.2, 0) is 13.1 Å². The molecule has 0 saturated heterocycles. The maximum absolute atomic E-state index is 6.13. The highest BCUT2D eigenvalue weighted by Crippen LogP contribution is 2.20. The van der Waals surface area contributed by atoms with Crippen LogP contribution in [0.15, 0.2) is 41.4 Å². The summed E-state index contributed by atoms with van der Waals surface area (Å²) in [6, 6.07) is 5.93. The van der Waals surface area contributed by atoms with Crippen molar-refractivity contribution in [1.82, 2.24) is 14.9 Å². The van der Waals surface area contributed by atoms with Gasteiger partial charge in [-0.3, -0.25) is 0 Å². The molecule has 5 heteroatoms. The Hall–Kier alpha value is -0.840. The lowest BCUT2D eigenvalue weighted by molar-refractivity contribution is 0.568. The smallest absolute Gasteiger partial charge is 0.0945 e. The monoisotopic (exact) mass is 341 g/mol. The van der Waals surface area contributed by atoms with Gasteiger partial charge in [-0.15, -0.1) is 0 Å². The van der Waals surface area contributed by atoms with Crippen molar-refractivity contribution >= 4 is 27.5 Å². The van der Waals surface area contributed by atoms with E-state index in [2.05, 4.69) is 36.9 Å². The van der Waals surface area contributed by atoms with Crippen LogP contribution in [-0.4, -0.2) is 16.1 Å². The average molecular weight is 343 g/mol. The van der Waals surface area contributed by atoms with Crippen LogP contribution in [0.1, 0.15) is 18.4 Å². The minimum absolute atomic E-state index is 0.809. The second-order valence-electron chi connectivity index (χ2n) is 4.42. The van der Waals surface area contributed by atoms with Gasteiger partial charge in [-0.25, -0.2) is 4.98 Å². The first-order valence-corrected chi connectivity index (χ1v) is 7.53. The van der Waals surface area contributed by atoms with E-state index in [1.54, 1.807) is 0 Å². The van der Waals surface area contributed by atoms with Gasteiger partial charge in [0.05, 0.1) is 6.33 Å². The Morgan fingerprint density at radius 3 is 3.00 bits per heavy atom. The molecule has 102 valence electrons. The zero-order chi connectivity index (χ0) is 13.5. The number of hydrogen-bond acceptors (Lipinski definition) is 2. The summed E-state index contributed by atoms with van der Waals surface area (Å²) >= 11 is 9.59. The summed E-state index contributed by atoms with van der Waals surface area (Å²) in [6.07, 6.45) is 7.95. The van der Waals surface area contributed by atoms with Crippen molar-refractivity contribution in [3.05, 3.63) is 52.0 Å². The molecule has 3 nitrogen and oxygen atoms in total. The highest BCUT2D eigenvalue weighted by molar-refractivity contribution is 9.10. The number of unbranched alkanes of at least 4 members (excludes halogenated alkanes) is 1. The van der Waals surface area contributed by atoms with Crippen LogP contribution in [0.2, 0.25) is 5.02 Å². The molecule has 0 aliphatic carbocycles. The van der Waals surface area contributed by atoms with Crippen molar-refractivity contribution in [1.29, 1.82) is 0 Å². The zero-order valence-corrected chi connectivity index (χ0v) is 13.0. The molecule has 0 aliphatic heterocycles. The standard InChI is InChI=1S/C14H17BrClN3/c15-13-3-4-14(16)12(9-13)10-17-5-1-2-7-19-8-6-18-11-19/h3-4,6,8-9,11,17H,1-2,5,7,10H2. The number of nitrogens with zero attached hydrogens (tertiary/aromatic N) is 2. The first kappa shape index (κ1) is 14.6. The Labute approximate surface area is 127 Å². The molecule has 19 heavy (non-hydrogen) atoms. The van der Waals surface area contributed by atoms with Gasteiger partial charge in [-0.05, 0) is 43.1 Å². The van der Waals surface area contributed by atoms with E-state index in [1.807, 2.05) is 30.9 Å². The maximum Gasteiger partial charge on any atom is 0.0945 e. The van der Waals surface area contributed by atoms with Crippen LogP contribution in [0, 0.1) is 0 Å². The van der Waals surface area contributed by atoms with Gasteiger partial charge in [0.1, 0.15) is 0 Å². The molecular weight excluding hydrogens is 326 g/mol. The molecule has 1 heterocycles. The van der Waals surface area contributed by atoms with Gasteiger partial charge in [0.25, 0.3) is 0 Å². The van der Waals surface area contributed by atoms with Crippen LogP contribution >= 0.6 is 27.5 Å². The third-order valence-corrected chi connectivity index (χ3v) is 3.76. The Kier molecular flexibility index (Phi) is 5.89. The Bertz CT molecular complexity index is 499. The molecule has 1 aromatic heterocycles. The van der Waals surface area contributed by atoms with Crippen molar-refractivity contribution in [3.63, 3.8) is 0 Å². The van der Waals surface area contributed by atoms with E-state index in [-0.39, 0.29) is 0 Å². The van der Waals surface area contributed by atoms with Crippen LogP contribution < -0.4 is 5.32 Å². The minimum Gasteiger partial charge on any atom is -0.337 e. The van der Waals surface area contributed by atoms with E-state index in [0.29, 0.717) is 0 Å². The molecule has 0 unspecified atom stereocenters. The van der Waals surface area contributed by atoms with E-state index in [1.165, 1.54) is 0 Å². The van der Waals surface area contributed by atoms with E-state index in [4.69, 9.17) is 11.6 Å².